The van der Waals surface area contributed by atoms with Crippen molar-refractivity contribution in [2.45, 2.75) is 0 Å². The molecule has 9 heteroatoms. The minimum atomic E-state index is -0.715. The van der Waals surface area contributed by atoms with E-state index in [1.807, 2.05) is 16.8 Å². The normalized spacial score (nSPS) is 10.7. The van der Waals surface area contributed by atoms with Crippen molar-refractivity contribution in [2.75, 3.05) is 5.32 Å². The number of hydrogen-bond acceptors (Lipinski definition) is 5. The first-order valence-corrected chi connectivity index (χ1v) is 8.38. The van der Waals surface area contributed by atoms with Crippen molar-refractivity contribution in [1.82, 2.24) is 10.2 Å². The second-order valence-electron chi connectivity index (χ2n) is 4.12. The van der Waals surface area contributed by atoms with Crippen molar-refractivity contribution in [3.63, 3.8) is 0 Å². The quantitative estimate of drug-likeness (QED) is 0.659. The molecule has 112 valence electrons. The van der Waals surface area contributed by atoms with Crippen molar-refractivity contribution in [1.29, 1.82) is 0 Å². The lowest BCUT2D eigenvalue weighted by atomic mass is 10.2. The van der Waals surface area contributed by atoms with Crippen molar-refractivity contribution in [2.24, 2.45) is 0 Å². The molecule has 1 N–H and O–H groups in total. The lowest BCUT2D eigenvalue weighted by molar-refractivity contribution is 0.102. The van der Waals surface area contributed by atoms with E-state index < -0.39 is 11.7 Å². The Labute approximate surface area is 142 Å². The Morgan fingerprint density at radius 1 is 1.23 bits per heavy atom. The number of halogens is 3. The summed E-state index contributed by atoms with van der Waals surface area (Å²) in [6.07, 6.45) is 0. The average molecular weight is 374 g/mol. The van der Waals surface area contributed by atoms with Gasteiger partial charge in [0.2, 0.25) is 5.13 Å². The van der Waals surface area contributed by atoms with E-state index in [0.29, 0.717) is 10.1 Å². The molecule has 1 aromatic carbocycles. The van der Waals surface area contributed by atoms with Gasteiger partial charge in [-0.15, -0.1) is 10.2 Å². The summed E-state index contributed by atoms with van der Waals surface area (Å²) < 4.78 is 13.5. The van der Waals surface area contributed by atoms with Gasteiger partial charge in [0.25, 0.3) is 5.91 Å². The van der Waals surface area contributed by atoms with Crippen LogP contribution < -0.4 is 5.32 Å². The van der Waals surface area contributed by atoms with Gasteiger partial charge in [-0.25, -0.2) is 4.39 Å². The molecule has 2 heterocycles. The van der Waals surface area contributed by atoms with E-state index in [1.165, 1.54) is 28.7 Å². The Hall–Kier alpha value is -1.54. The molecule has 3 aromatic rings. The van der Waals surface area contributed by atoms with Crippen LogP contribution in [0.15, 0.2) is 29.0 Å². The zero-order chi connectivity index (χ0) is 15.7. The van der Waals surface area contributed by atoms with Crippen molar-refractivity contribution < 1.29 is 9.18 Å². The lowest BCUT2D eigenvalue weighted by Crippen LogP contribution is -2.12. The molecule has 0 atom stereocenters. The first-order chi connectivity index (χ1) is 10.5. The number of carbonyl (C=O) groups excluding carboxylic acids is 1. The number of anilines is 1. The molecule has 0 saturated heterocycles. The molecular formula is C13H6Cl2FN3OS2. The molecule has 1 amide bonds. The fourth-order valence-corrected chi connectivity index (χ4v) is 3.56. The van der Waals surface area contributed by atoms with Gasteiger partial charge in [0.1, 0.15) is 10.8 Å². The zero-order valence-electron chi connectivity index (χ0n) is 10.6. The molecule has 22 heavy (non-hydrogen) atoms. The highest BCUT2D eigenvalue weighted by molar-refractivity contribution is 7.19. The average Bonchev–Trinajstić information content (AvgIpc) is 3.13. The Bertz CT molecular complexity index is 836. The number of nitrogens with one attached hydrogen (secondary N) is 1. The van der Waals surface area contributed by atoms with Crippen LogP contribution in [0.2, 0.25) is 10.0 Å². The van der Waals surface area contributed by atoms with Gasteiger partial charge in [0.05, 0.1) is 15.6 Å². The number of amides is 1. The molecule has 0 spiro atoms. The summed E-state index contributed by atoms with van der Waals surface area (Å²) in [7, 11) is 0. The second kappa shape index (κ2) is 6.29. The first-order valence-electron chi connectivity index (χ1n) is 5.86. The van der Waals surface area contributed by atoms with E-state index in [2.05, 4.69) is 15.5 Å². The van der Waals surface area contributed by atoms with E-state index in [-0.39, 0.29) is 15.6 Å². The summed E-state index contributed by atoms with van der Waals surface area (Å²) in [5, 5.41) is 15.2. The zero-order valence-corrected chi connectivity index (χ0v) is 13.8. The van der Waals surface area contributed by atoms with E-state index in [1.54, 1.807) is 0 Å². The topological polar surface area (TPSA) is 54.9 Å². The van der Waals surface area contributed by atoms with Crippen LogP contribution in [0.25, 0.3) is 10.6 Å². The Balaban J connectivity index is 1.82. The van der Waals surface area contributed by atoms with Gasteiger partial charge in [-0.2, -0.15) is 11.3 Å². The maximum atomic E-state index is 13.5. The largest absolute Gasteiger partial charge is 0.296 e. The second-order valence-corrected chi connectivity index (χ2v) is 6.70. The summed E-state index contributed by atoms with van der Waals surface area (Å²) in [5.41, 5.74) is 0.911. The molecule has 0 fully saturated rings. The maximum absolute atomic E-state index is 13.5. The third kappa shape index (κ3) is 3.12. The molecule has 0 aliphatic rings. The van der Waals surface area contributed by atoms with Gasteiger partial charge < -0.3 is 0 Å². The molecule has 0 radical (unpaired) electrons. The highest BCUT2D eigenvalue weighted by Crippen LogP contribution is 2.29. The van der Waals surface area contributed by atoms with E-state index in [0.717, 1.165) is 11.6 Å². The summed E-state index contributed by atoms with van der Waals surface area (Å²) >= 11 is 14.3. The van der Waals surface area contributed by atoms with E-state index >= 15 is 0 Å². The van der Waals surface area contributed by atoms with E-state index in [9.17, 15) is 9.18 Å². The number of thiophene rings is 1. The smallest absolute Gasteiger partial charge is 0.259 e. The summed E-state index contributed by atoms with van der Waals surface area (Å²) in [6, 6.07) is 4.08. The van der Waals surface area contributed by atoms with Gasteiger partial charge in [-0.05, 0) is 23.6 Å². The van der Waals surface area contributed by atoms with Crippen LogP contribution in [0.1, 0.15) is 10.4 Å². The number of carbonyl (C=O) groups is 1. The number of aromatic nitrogens is 2. The summed E-state index contributed by atoms with van der Waals surface area (Å²) in [4.78, 5) is 12.1. The van der Waals surface area contributed by atoms with Crippen LogP contribution in [0.3, 0.4) is 0 Å². The van der Waals surface area contributed by atoms with Gasteiger partial charge >= 0.3 is 0 Å². The van der Waals surface area contributed by atoms with Crippen LogP contribution in [0.5, 0.6) is 0 Å². The SMILES string of the molecule is O=C(Nc1nnc(-c2ccsc2)s1)c1cc(F)c(Cl)cc1Cl. The number of hydrogen-bond donors (Lipinski definition) is 1. The lowest BCUT2D eigenvalue weighted by Gasteiger charge is -2.04. The molecule has 3 rings (SSSR count). The molecule has 0 aliphatic heterocycles. The third-order valence-corrected chi connectivity index (χ3v) is 4.84. The number of rotatable bonds is 3. The highest BCUT2D eigenvalue weighted by atomic mass is 35.5. The standard InChI is InChI=1S/C13H6Cl2FN3OS2/c14-8-4-9(15)10(16)3-7(8)11(20)17-13-19-18-12(22-13)6-1-2-21-5-6/h1-5H,(H,17,19,20). The van der Waals surface area contributed by atoms with Crippen molar-refractivity contribution in [3.8, 4) is 10.6 Å². The molecule has 4 nitrogen and oxygen atoms in total. The third-order valence-electron chi connectivity index (χ3n) is 2.67. The van der Waals surface area contributed by atoms with Gasteiger partial charge in [-0.3, -0.25) is 10.1 Å². The predicted octanol–water partition coefficient (Wildman–Crippen LogP) is 4.96. The monoisotopic (exact) mass is 373 g/mol. The van der Waals surface area contributed by atoms with Crippen LogP contribution in [0.4, 0.5) is 9.52 Å². The fourth-order valence-electron chi connectivity index (χ4n) is 1.64. The fraction of sp³-hybridized carbons (Fsp3) is 0. The van der Waals surface area contributed by atoms with Gasteiger partial charge in [-0.1, -0.05) is 34.5 Å². The van der Waals surface area contributed by atoms with Crippen LogP contribution in [-0.2, 0) is 0 Å². The molecule has 0 bridgehead atoms. The molecule has 0 unspecified atom stereocenters. The first kappa shape index (κ1) is 15.4. The molecular weight excluding hydrogens is 368 g/mol. The summed E-state index contributed by atoms with van der Waals surface area (Å²) in [5.74, 6) is -1.29. The molecule has 0 aliphatic carbocycles. The minimum Gasteiger partial charge on any atom is -0.296 e. The Kier molecular flexibility index (Phi) is 4.39. The van der Waals surface area contributed by atoms with Crippen LogP contribution >= 0.6 is 45.9 Å². The van der Waals surface area contributed by atoms with Gasteiger partial charge in [0.15, 0.2) is 0 Å². The number of nitrogens with zero attached hydrogens (tertiary/aromatic N) is 2. The number of benzene rings is 1. The van der Waals surface area contributed by atoms with Gasteiger partial charge in [0, 0.05) is 10.9 Å². The van der Waals surface area contributed by atoms with Crippen LogP contribution in [0, 0.1) is 5.82 Å². The maximum Gasteiger partial charge on any atom is 0.259 e. The van der Waals surface area contributed by atoms with Crippen molar-refractivity contribution in [3.05, 3.63) is 50.4 Å². The van der Waals surface area contributed by atoms with Crippen molar-refractivity contribution >= 4 is 56.9 Å². The van der Waals surface area contributed by atoms with E-state index in [4.69, 9.17) is 23.2 Å². The highest BCUT2D eigenvalue weighted by Gasteiger charge is 2.16. The molecule has 0 saturated carbocycles. The Morgan fingerprint density at radius 2 is 2.05 bits per heavy atom. The Morgan fingerprint density at radius 3 is 2.77 bits per heavy atom. The minimum absolute atomic E-state index is 0.0177. The summed E-state index contributed by atoms with van der Waals surface area (Å²) in [6.45, 7) is 0. The van der Waals surface area contributed by atoms with Crippen LogP contribution in [-0.4, -0.2) is 16.1 Å². The predicted molar refractivity (Wildman–Crippen MR) is 87.6 cm³/mol. The molecule has 2 aromatic heterocycles.